The van der Waals surface area contributed by atoms with Crippen LogP contribution in [0.1, 0.15) is 38.3 Å². The van der Waals surface area contributed by atoms with E-state index in [1.807, 2.05) is 36.4 Å². The minimum absolute atomic E-state index is 0.0555. The summed E-state index contributed by atoms with van der Waals surface area (Å²) in [6.07, 6.45) is 1.03. The number of anilines is 1. The van der Waals surface area contributed by atoms with Crippen molar-refractivity contribution >= 4 is 17.3 Å². The van der Waals surface area contributed by atoms with Crippen molar-refractivity contribution in [2.45, 2.75) is 39.2 Å². The van der Waals surface area contributed by atoms with E-state index in [0.717, 1.165) is 29.2 Å². The number of hydrogen-bond acceptors (Lipinski definition) is 3. The number of benzene rings is 3. The van der Waals surface area contributed by atoms with Crippen LogP contribution >= 0.6 is 11.6 Å². The highest BCUT2D eigenvalue weighted by Crippen LogP contribution is 2.36. The van der Waals surface area contributed by atoms with Gasteiger partial charge in [0.1, 0.15) is 11.5 Å². The molecule has 0 amide bonds. The lowest BCUT2D eigenvalue weighted by atomic mass is 9.82. The fraction of sp³-hybridized carbons (Fsp3) is 0.250. The van der Waals surface area contributed by atoms with Gasteiger partial charge < -0.3 is 15.2 Å². The Morgan fingerprint density at radius 1 is 1.00 bits per heavy atom. The van der Waals surface area contributed by atoms with Gasteiger partial charge in [-0.1, -0.05) is 56.6 Å². The summed E-state index contributed by atoms with van der Waals surface area (Å²) >= 11 is 6.08. The highest BCUT2D eigenvalue weighted by atomic mass is 35.5. The molecule has 0 aromatic heterocycles. The van der Waals surface area contributed by atoms with Crippen molar-refractivity contribution in [1.29, 1.82) is 0 Å². The molecule has 3 aromatic rings. The smallest absolute Gasteiger partial charge is 0.150 e. The zero-order chi connectivity index (χ0) is 20.1. The lowest BCUT2D eigenvalue weighted by molar-refractivity contribution is 0.468. The summed E-state index contributed by atoms with van der Waals surface area (Å²) in [5, 5.41) is 14.1. The maximum absolute atomic E-state index is 10.1. The molecule has 0 radical (unpaired) electrons. The van der Waals surface area contributed by atoms with E-state index >= 15 is 0 Å². The van der Waals surface area contributed by atoms with Crippen LogP contribution in [-0.2, 0) is 12.0 Å². The normalized spacial score (nSPS) is 11.3. The monoisotopic (exact) mass is 395 g/mol. The molecule has 4 heteroatoms. The average molecular weight is 396 g/mol. The molecule has 0 aliphatic heterocycles. The van der Waals surface area contributed by atoms with Gasteiger partial charge in [-0.2, -0.15) is 0 Å². The summed E-state index contributed by atoms with van der Waals surface area (Å²) in [4.78, 5) is 0. The average Bonchev–Trinajstić information content (AvgIpc) is 2.70. The predicted molar refractivity (Wildman–Crippen MR) is 117 cm³/mol. The maximum Gasteiger partial charge on any atom is 0.150 e. The molecule has 146 valence electrons. The first-order chi connectivity index (χ1) is 13.4. The molecule has 0 unspecified atom stereocenters. The second kappa shape index (κ2) is 8.57. The molecule has 0 spiro atoms. The number of hydrogen-bond donors (Lipinski definition) is 2. The van der Waals surface area contributed by atoms with Gasteiger partial charge in [-0.15, -0.1) is 0 Å². The first kappa shape index (κ1) is 20.1. The molecule has 0 bridgehead atoms. The fourth-order valence-electron chi connectivity index (χ4n) is 2.88. The van der Waals surface area contributed by atoms with Gasteiger partial charge in [-0.05, 0) is 59.9 Å². The molecule has 0 fully saturated rings. The number of rotatable bonds is 7. The Bertz CT molecular complexity index is 939. The molecule has 0 aliphatic rings. The summed E-state index contributed by atoms with van der Waals surface area (Å²) in [6, 6.07) is 21.0. The van der Waals surface area contributed by atoms with Crippen molar-refractivity contribution in [3.63, 3.8) is 0 Å². The third kappa shape index (κ3) is 4.79. The Balaban J connectivity index is 1.92. The quantitative estimate of drug-likeness (QED) is 0.446. The van der Waals surface area contributed by atoms with Gasteiger partial charge in [0.15, 0.2) is 5.75 Å². The van der Waals surface area contributed by atoms with E-state index in [-0.39, 0.29) is 11.2 Å². The molecule has 3 aromatic carbocycles. The van der Waals surface area contributed by atoms with Crippen LogP contribution in [-0.4, -0.2) is 5.11 Å². The maximum atomic E-state index is 10.1. The van der Waals surface area contributed by atoms with Crippen molar-refractivity contribution in [3.8, 4) is 17.2 Å². The first-order valence-corrected chi connectivity index (χ1v) is 9.85. The number of phenols is 1. The van der Waals surface area contributed by atoms with Gasteiger partial charge >= 0.3 is 0 Å². The van der Waals surface area contributed by atoms with E-state index < -0.39 is 0 Å². The molecular weight excluding hydrogens is 370 g/mol. The SMILES string of the molecule is CCC(C)(C)c1ccc(Oc2ccccc2)c(NCc2cc(Cl)ccc2O)c1. The van der Waals surface area contributed by atoms with Gasteiger partial charge in [0.25, 0.3) is 0 Å². The summed E-state index contributed by atoms with van der Waals surface area (Å²) in [6.45, 7) is 7.08. The second-order valence-electron chi connectivity index (χ2n) is 7.49. The first-order valence-electron chi connectivity index (χ1n) is 9.48. The molecule has 0 saturated carbocycles. The summed E-state index contributed by atoms with van der Waals surface area (Å²) < 4.78 is 6.10. The topological polar surface area (TPSA) is 41.5 Å². The van der Waals surface area contributed by atoms with E-state index in [4.69, 9.17) is 16.3 Å². The van der Waals surface area contributed by atoms with Crippen LogP contribution in [0.3, 0.4) is 0 Å². The van der Waals surface area contributed by atoms with Gasteiger partial charge in [0.05, 0.1) is 5.69 Å². The van der Waals surface area contributed by atoms with Gasteiger partial charge in [-0.25, -0.2) is 0 Å². The zero-order valence-electron chi connectivity index (χ0n) is 16.5. The zero-order valence-corrected chi connectivity index (χ0v) is 17.3. The summed E-state index contributed by atoms with van der Waals surface area (Å²) in [5.74, 6) is 1.73. The van der Waals surface area contributed by atoms with Crippen LogP contribution in [0.15, 0.2) is 66.7 Å². The molecule has 0 aliphatic carbocycles. The number of halogens is 1. The number of nitrogens with one attached hydrogen (secondary N) is 1. The van der Waals surface area contributed by atoms with Crippen LogP contribution in [0.5, 0.6) is 17.2 Å². The molecule has 0 saturated heterocycles. The predicted octanol–water partition coefficient (Wildman–Crippen LogP) is 7.14. The van der Waals surface area contributed by atoms with Crippen molar-refractivity contribution in [2.24, 2.45) is 0 Å². The lowest BCUT2D eigenvalue weighted by Crippen LogP contribution is -2.16. The Kier molecular flexibility index (Phi) is 6.15. The summed E-state index contributed by atoms with van der Waals surface area (Å²) in [7, 11) is 0. The van der Waals surface area contributed by atoms with Crippen LogP contribution in [0.4, 0.5) is 5.69 Å². The Hall–Kier alpha value is -2.65. The van der Waals surface area contributed by atoms with E-state index in [2.05, 4.69) is 38.2 Å². The van der Waals surface area contributed by atoms with Gasteiger partial charge in [-0.3, -0.25) is 0 Å². The molecule has 3 rings (SSSR count). The number of ether oxygens (including phenoxy) is 1. The molecule has 2 N–H and O–H groups in total. The number of para-hydroxylation sites is 1. The molecule has 0 atom stereocenters. The van der Waals surface area contributed by atoms with Gasteiger partial charge in [0, 0.05) is 17.1 Å². The third-order valence-corrected chi connectivity index (χ3v) is 5.36. The standard InChI is InChI=1S/C24H26ClNO2/c1-4-24(2,3)18-10-13-23(28-20-8-6-5-7-9-20)21(15-18)26-16-17-14-19(25)11-12-22(17)27/h5-15,26-27H,4,16H2,1-3H3. The van der Waals surface area contributed by atoms with Crippen LogP contribution in [0.2, 0.25) is 5.02 Å². The van der Waals surface area contributed by atoms with Crippen LogP contribution < -0.4 is 10.1 Å². The van der Waals surface area contributed by atoms with Crippen molar-refractivity contribution < 1.29 is 9.84 Å². The molecule has 28 heavy (non-hydrogen) atoms. The minimum Gasteiger partial charge on any atom is -0.508 e. The molecule has 0 heterocycles. The highest BCUT2D eigenvalue weighted by Gasteiger charge is 2.20. The minimum atomic E-state index is 0.0555. The highest BCUT2D eigenvalue weighted by molar-refractivity contribution is 6.30. The molecular formula is C24H26ClNO2. The van der Waals surface area contributed by atoms with E-state index in [1.165, 1.54) is 5.56 Å². The van der Waals surface area contributed by atoms with Crippen molar-refractivity contribution in [1.82, 2.24) is 0 Å². The fourth-order valence-corrected chi connectivity index (χ4v) is 3.08. The Morgan fingerprint density at radius 3 is 2.46 bits per heavy atom. The molecule has 3 nitrogen and oxygen atoms in total. The Morgan fingerprint density at radius 2 is 1.75 bits per heavy atom. The lowest BCUT2D eigenvalue weighted by Gasteiger charge is -2.25. The van der Waals surface area contributed by atoms with Crippen LogP contribution in [0, 0.1) is 0 Å². The summed E-state index contributed by atoms with van der Waals surface area (Å²) in [5.41, 5.74) is 2.90. The number of phenolic OH excluding ortho intramolecular Hbond substituents is 1. The van der Waals surface area contributed by atoms with Crippen molar-refractivity contribution in [3.05, 3.63) is 82.9 Å². The van der Waals surface area contributed by atoms with Crippen LogP contribution in [0.25, 0.3) is 0 Å². The van der Waals surface area contributed by atoms with E-state index in [1.54, 1.807) is 18.2 Å². The number of aromatic hydroxyl groups is 1. The van der Waals surface area contributed by atoms with E-state index in [9.17, 15) is 5.11 Å². The van der Waals surface area contributed by atoms with Crippen molar-refractivity contribution in [2.75, 3.05) is 5.32 Å². The van der Waals surface area contributed by atoms with E-state index in [0.29, 0.717) is 11.6 Å². The van der Waals surface area contributed by atoms with Gasteiger partial charge in [0.2, 0.25) is 0 Å². The largest absolute Gasteiger partial charge is 0.508 e. The second-order valence-corrected chi connectivity index (χ2v) is 7.93. The Labute approximate surface area is 171 Å². The third-order valence-electron chi connectivity index (χ3n) is 5.13.